The third kappa shape index (κ3) is 5.30. The number of pyridine rings is 1. The summed E-state index contributed by atoms with van der Waals surface area (Å²) in [5.74, 6) is 2.38. The number of piperazine rings is 1. The van der Waals surface area contributed by atoms with E-state index in [9.17, 15) is 4.79 Å². The second-order valence-corrected chi connectivity index (χ2v) is 10.5. The van der Waals surface area contributed by atoms with Crippen LogP contribution >= 0.6 is 0 Å². The summed E-state index contributed by atoms with van der Waals surface area (Å²) in [7, 11) is 0. The maximum absolute atomic E-state index is 12.1. The molecule has 2 fully saturated rings. The van der Waals surface area contributed by atoms with Gasteiger partial charge in [-0.05, 0) is 65.2 Å². The summed E-state index contributed by atoms with van der Waals surface area (Å²) in [6.07, 6.45) is 3.97. The van der Waals surface area contributed by atoms with E-state index < -0.39 is 0 Å². The maximum Gasteiger partial charge on any atom is 0.339 e. The fourth-order valence-corrected chi connectivity index (χ4v) is 5.60. The first-order chi connectivity index (χ1) is 18.3. The van der Waals surface area contributed by atoms with Crippen molar-refractivity contribution >= 4 is 23.6 Å². The van der Waals surface area contributed by atoms with E-state index in [1.54, 1.807) is 6.20 Å². The van der Waals surface area contributed by atoms with E-state index in [0.717, 1.165) is 60.6 Å². The van der Waals surface area contributed by atoms with E-state index in [-0.39, 0.29) is 12.0 Å². The number of ether oxygens (including phenoxy) is 1. The predicted octanol–water partition coefficient (Wildman–Crippen LogP) is 5.04. The van der Waals surface area contributed by atoms with Crippen LogP contribution in [-0.2, 0) is 4.74 Å². The van der Waals surface area contributed by atoms with Crippen molar-refractivity contribution in [1.82, 2.24) is 15.0 Å². The van der Waals surface area contributed by atoms with Crippen LogP contribution in [0.4, 0.5) is 17.6 Å². The Morgan fingerprint density at radius 3 is 2.55 bits per heavy atom. The van der Waals surface area contributed by atoms with Gasteiger partial charge in [0.05, 0.1) is 17.9 Å². The Labute approximate surface area is 225 Å². The first kappa shape index (κ1) is 25.9. The van der Waals surface area contributed by atoms with Crippen molar-refractivity contribution in [2.24, 2.45) is 0 Å². The van der Waals surface area contributed by atoms with Gasteiger partial charge in [-0.3, -0.25) is 0 Å². The summed E-state index contributed by atoms with van der Waals surface area (Å²) >= 11 is 0. The second-order valence-electron chi connectivity index (χ2n) is 10.5. The Kier molecular flexibility index (Phi) is 7.49. The SMILES string of the molecule is CCOC(=O)c1cnc(N2CCN(c3cc(-c4cccc(C)c4)nc(N4CCCC4C)n3)C(C)C2)c(C)c1. The lowest BCUT2D eigenvalue weighted by molar-refractivity contribution is 0.0526. The highest BCUT2D eigenvalue weighted by molar-refractivity contribution is 5.89. The molecule has 5 rings (SSSR count). The maximum atomic E-state index is 12.1. The minimum Gasteiger partial charge on any atom is -0.462 e. The van der Waals surface area contributed by atoms with Crippen LogP contribution in [0.3, 0.4) is 0 Å². The monoisotopic (exact) mass is 514 g/mol. The number of esters is 1. The van der Waals surface area contributed by atoms with Gasteiger partial charge in [-0.2, -0.15) is 4.98 Å². The fourth-order valence-electron chi connectivity index (χ4n) is 5.60. The van der Waals surface area contributed by atoms with Crippen molar-refractivity contribution in [3.8, 4) is 11.3 Å². The molecule has 8 nitrogen and oxygen atoms in total. The molecular weight excluding hydrogens is 476 g/mol. The summed E-state index contributed by atoms with van der Waals surface area (Å²) in [6.45, 7) is 14.2. The molecule has 2 unspecified atom stereocenters. The minimum atomic E-state index is -0.330. The number of aryl methyl sites for hydroxylation is 2. The Morgan fingerprint density at radius 1 is 1.03 bits per heavy atom. The first-order valence-electron chi connectivity index (χ1n) is 13.7. The van der Waals surface area contributed by atoms with E-state index >= 15 is 0 Å². The highest BCUT2D eigenvalue weighted by atomic mass is 16.5. The molecule has 200 valence electrons. The van der Waals surface area contributed by atoms with Gasteiger partial charge < -0.3 is 19.4 Å². The fraction of sp³-hybridized carbons (Fsp3) is 0.467. The molecule has 0 bridgehead atoms. The van der Waals surface area contributed by atoms with Crippen LogP contribution in [0.2, 0.25) is 0 Å². The van der Waals surface area contributed by atoms with Gasteiger partial charge in [0, 0.05) is 56.1 Å². The number of nitrogens with zero attached hydrogens (tertiary/aromatic N) is 6. The molecule has 0 spiro atoms. The molecular formula is C30H38N6O2. The third-order valence-electron chi connectivity index (χ3n) is 7.61. The lowest BCUT2D eigenvalue weighted by atomic mass is 10.1. The minimum absolute atomic E-state index is 0.221. The topological polar surface area (TPSA) is 74.7 Å². The van der Waals surface area contributed by atoms with E-state index in [2.05, 4.69) is 70.8 Å². The summed E-state index contributed by atoms with van der Waals surface area (Å²) in [4.78, 5) is 34.0. The van der Waals surface area contributed by atoms with Crippen molar-refractivity contribution < 1.29 is 9.53 Å². The number of hydrogen-bond donors (Lipinski definition) is 0. The smallest absolute Gasteiger partial charge is 0.339 e. The number of hydrogen-bond acceptors (Lipinski definition) is 8. The summed E-state index contributed by atoms with van der Waals surface area (Å²) in [6, 6.07) is 13.2. The molecule has 2 aliphatic rings. The average molecular weight is 515 g/mol. The van der Waals surface area contributed by atoms with Crippen molar-refractivity contribution in [2.75, 3.05) is 47.5 Å². The first-order valence-corrected chi connectivity index (χ1v) is 13.7. The zero-order valence-electron chi connectivity index (χ0n) is 23.1. The molecule has 2 aromatic heterocycles. The van der Waals surface area contributed by atoms with Crippen LogP contribution in [-0.4, -0.2) is 65.8 Å². The molecule has 3 aromatic rings. The standard InChI is InChI=1S/C30H38N6O2/c1-6-38-29(37)25-16-21(3)28(31-18-25)34-13-14-35(23(5)19-34)27-17-26(24-11-7-9-20(2)15-24)32-30(33-27)36-12-8-10-22(36)4/h7,9,11,15-18,22-23H,6,8,10,12-14,19H2,1-5H3. The van der Waals surface area contributed by atoms with Crippen molar-refractivity contribution in [3.05, 3.63) is 59.3 Å². The molecule has 2 atom stereocenters. The molecule has 2 aliphatic heterocycles. The van der Waals surface area contributed by atoms with Crippen LogP contribution in [0.1, 0.15) is 55.1 Å². The number of anilines is 3. The van der Waals surface area contributed by atoms with E-state index in [4.69, 9.17) is 14.7 Å². The molecule has 0 radical (unpaired) electrons. The molecule has 0 N–H and O–H groups in total. The quantitative estimate of drug-likeness (QED) is 0.424. The molecule has 0 saturated carbocycles. The average Bonchev–Trinajstić information content (AvgIpc) is 3.34. The van der Waals surface area contributed by atoms with Gasteiger partial charge in [-0.1, -0.05) is 23.8 Å². The molecule has 38 heavy (non-hydrogen) atoms. The normalized spacial score (nSPS) is 19.7. The number of benzene rings is 1. The van der Waals surface area contributed by atoms with Gasteiger partial charge in [-0.15, -0.1) is 0 Å². The zero-order valence-corrected chi connectivity index (χ0v) is 23.1. The van der Waals surface area contributed by atoms with Crippen LogP contribution in [0, 0.1) is 13.8 Å². The molecule has 1 aromatic carbocycles. The van der Waals surface area contributed by atoms with Gasteiger partial charge in [0.2, 0.25) is 5.95 Å². The summed E-state index contributed by atoms with van der Waals surface area (Å²) in [5, 5.41) is 0. The van der Waals surface area contributed by atoms with Crippen molar-refractivity contribution in [2.45, 2.75) is 59.5 Å². The van der Waals surface area contributed by atoms with Gasteiger partial charge in [0.25, 0.3) is 0 Å². The Hall–Kier alpha value is -3.68. The van der Waals surface area contributed by atoms with Crippen LogP contribution in [0.25, 0.3) is 11.3 Å². The molecule has 2 saturated heterocycles. The van der Waals surface area contributed by atoms with Crippen LogP contribution < -0.4 is 14.7 Å². The lowest BCUT2D eigenvalue weighted by Crippen LogP contribution is -2.53. The highest BCUT2D eigenvalue weighted by Gasteiger charge is 2.29. The van der Waals surface area contributed by atoms with Gasteiger partial charge in [-0.25, -0.2) is 14.8 Å². The molecule has 0 amide bonds. The van der Waals surface area contributed by atoms with Gasteiger partial charge >= 0.3 is 5.97 Å². The second kappa shape index (κ2) is 11.0. The lowest BCUT2D eigenvalue weighted by Gasteiger charge is -2.41. The van der Waals surface area contributed by atoms with E-state index in [1.165, 1.54) is 18.4 Å². The molecule has 8 heteroatoms. The Bertz CT molecular complexity index is 1310. The van der Waals surface area contributed by atoms with Crippen molar-refractivity contribution in [1.29, 1.82) is 0 Å². The molecule has 0 aliphatic carbocycles. The third-order valence-corrected chi connectivity index (χ3v) is 7.61. The number of carbonyl (C=O) groups excluding carboxylic acids is 1. The number of aromatic nitrogens is 3. The summed E-state index contributed by atoms with van der Waals surface area (Å²) in [5.41, 5.74) is 4.78. The van der Waals surface area contributed by atoms with Gasteiger partial charge in [0.15, 0.2) is 0 Å². The van der Waals surface area contributed by atoms with Gasteiger partial charge in [0.1, 0.15) is 11.6 Å². The van der Waals surface area contributed by atoms with E-state index in [0.29, 0.717) is 18.2 Å². The van der Waals surface area contributed by atoms with Crippen molar-refractivity contribution in [3.63, 3.8) is 0 Å². The molecule has 4 heterocycles. The van der Waals surface area contributed by atoms with E-state index in [1.807, 2.05) is 19.9 Å². The van der Waals surface area contributed by atoms with Crippen LogP contribution in [0.15, 0.2) is 42.6 Å². The summed E-state index contributed by atoms with van der Waals surface area (Å²) < 4.78 is 5.13. The Morgan fingerprint density at radius 2 is 1.87 bits per heavy atom. The zero-order chi connectivity index (χ0) is 26.8. The van der Waals surface area contributed by atoms with Crippen LogP contribution in [0.5, 0.6) is 0 Å². The largest absolute Gasteiger partial charge is 0.462 e. The predicted molar refractivity (Wildman–Crippen MR) is 152 cm³/mol. The number of rotatable bonds is 6. The highest BCUT2D eigenvalue weighted by Crippen LogP contribution is 2.31. The number of carbonyl (C=O) groups is 1. The Balaban J connectivity index is 1.41.